The van der Waals surface area contributed by atoms with E-state index in [0.29, 0.717) is 18.9 Å². The van der Waals surface area contributed by atoms with Gasteiger partial charge in [0.05, 0.1) is 0 Å². The number of piperazine rings is 1. The Morgan fingerprint density at radius 2 is 1.73 bits per heavy atom. The number of aryl methyl sites for hydroxylation is 1. The molecular formula is C17H22FN5O2S. The summed E-state index contributed by atoms with van der Waals surface area (Å²) in [4.78, 5) is 12.5. The average Bonchev–Trinajstić information content (AvgIpc) is 2.61. The van der Waals surface area contributed by atoms with Crippen LogP contribution in [-0.2, 0) is 10.0 Å². The van der Waals surface area contributed by atoms with Crippen LogP contribution in [0.3, 0.4) is 0 Å². The monoisotopic (exact) mass is 379 g/mol. The number of rotatable bonds is 4. The van der Waals surface area contributed by atoms with Gasteiger partial charge in [-0.2, -0.15) is 4.31 Å². The summed E-state index contributed by atoms with van der Waals surface area (Å²) in [7, 11) is -0.0230. The maximum absolute atomic E-state index is 13.9. The van der Waals surface area contributed by atoms with Gasteiger partial charge < -0.3 is 9.80 Å². The van der Waals surface area contributed by atoms with Crippen molar-refractivity contribution < 1.29 is 12.8 Å². The summed E-state index contributed by atoms with van der Waals surface area (Å²) < 4.78 is 40.6. The third kappa shape index (κ3) is 3.63. The Bertz CT molecular complexity index is 896. The minimum atomic E-state index is -3.84. The van der Waals surface area contributed by atoms with Gasteiger partial charge in [-0.25, -0.2) is 22.8 Å². The van der Waals surface area contributed by atoms with Crippen LogP contribution < -0.4 is 9.80 Å². The summed E-state index contributed by atoms with van der Waals surface area (Å²) in [5, 5.41) is 0. The van der Waals surface area contributed by atoms with Crippen LogP contribution in [0.1, 0.15) is 5.82 Å². The van der Waals surface area contributed by atoms with E-state index in [4.69, 9.17) is 0 Å². The average molecular weight is 379 g/mol. The standard InChI is InChI=1S/C17H22FN5O2S/c1-13-19-16(21(2)3)12-17(20-13)22-8-10-23(11-9-22)26(24,25)15-7-5-4-6-14(15)18/h4-7,12H,8-11H2,1-3H3. The lowest BCUT2D eigenvalue weighted by atomic mass is 10.3. The van der Waals surface area contributed by atoms with E-state index >= 15 is 0 Å². The van der Waals surface area contributed by atoms with E-state index in [1.54, 1.807) is 0 Å². The molecule has 0 spiro atoms. The van der Waals surface area contributed by atoms with Crippen LogP contribution in [0.4, 0.5) is 16.0 Å². The van der Waals surface area contributed by atoms with E-state index in [1.807, 2.05) is 36.9 Å². The molecule has 1 fully saturated rings. The van der Waals surface area contributed by atoms with Crippen molar-refractivity contribution >= 4 is 21.7 Å². The van der Waals surface area contributed by atoms with Crippen LogP contribution in [0, 0.1) is 12.7 Å². The maximum Gasteiger partial charge on any atom is 0.246 e. The first-order valence-corrected chi connectivity index (χ1v) is 9.75. The lowest BCUT2D eigenvalue weighted by molar-refractivity contribution is 0.381. The minimum absolute atomic E-state index is 0.275. The fraction of sp³-hybridized carbons (Fsp3) is 0.412. The Hall–Kier alpha value is -2.26. The number of sulfonamides is 1. The highest BCUT2D eigenvalue weighted by atomic mass is 32.2. The van der Waals surface area contributed by atoms with Crippen molar-refractivity contribution in [1.82, 2.24) is 14.3 Å². The van der Waals surface area contributed by atoms with Crippen molar-refractivity contribution in [2.45, 2.75) is 11.8 Å². The van der Waals surface area contributed by atoms with Gasteiger partial charge in [-0.3, -0.25) is 0 Å². The van der Waals surface area contributed by atoms with Gasteiger partial charge in [0.15, 0.2) is 0 Å². The zero-order valence-electron chi connectivity index (χ0n) is 15.1. The summed E-state index contributed by atoms with van der Waals surface area (Å²) in [5.41, 5.74) is 0. The van der Waals surface area contributed by atoms with Crippen molar-refractivity contribution in [2.24, 2.45) is 0 Å². The van der Waals surface area contributed by atoms with Crippen molar-refractivity contribution in [2.75, 3.05) is 50.1 Å². The highest BCUT2D eigenvalue weighted by Crippen LogP contribution is 2.23. The quantitative estimate of drug-likeness (QED) is 0.802. The lowest BCUT2D eigenvalue weighted by Crippen LogP contribution is -2.49. The third-order valence-electron chi connectivity index (χ3n) is 4.29. The first kappa shape index (κ1) is 18.5. The van der Waals surface area contributed by atoms with E-state index in [-0.39, 0.29) is 18.0 Å². The fourth-order valence-electron chi connectivity index (χ4n) is 2.88. The smallest absolute Gasteiger partial charge is 0.246 e. The molecule has 9 heteroatoms. The van der Waals surface area contributed by atoms with E-state index < -0.39 is 15.8 Å². The minimum Gasteiger partial charge on any atom is -0.363 e. The van der Waals surface area contributed by atoms with Crippen LogP contribution in [-0.4, -0.2) is 63.0 Å². The zero-order valence-corrected chi connectivity index (χ0v) is 15.9. The Morgan fingerprint density at radius 1 is 1.08 bits per heavy atom. The van der Waals surface area contributed by atoms with Gasteiger partial charge in [0.2, 0.25) is 10.0 Å². The SMILES string of the molecule is Cc1nc(N(C)C)cc(N2CCN(S(=O)(=O)c3ccccc3F)CC2)n1. The summed E-state index contributed by atoms with van der Waals surface area (Å²) >= 11 is 0. The van der Waals surface area contributed by atoms with Gasteiger partial charge in [0, 0.05) is 46.3 Å². The topological polar surface area (TPSA) is 69.6 Å². The molecular weight excluding hydrogens is 357 g/mol. The highest BCUT2D eigenvalue weighted by Gasteiger charge is 2.31. The Balaban J connectivity index is 1.77. The Labute approximate surface area is 153 Å². The molecule has 1 aliphatic rings. The summed E-state index contributed by atoms with van der Waals surface area (Å²) in [6, 6.07) is 7.35. The van der Waals surface area contributed by atoms with Gasteiger partial charge >= 0.3 is 0 Å². The molecule has 140 valence electrons. The molecule has 0 bridgehead atoms. The molecule has 0 unspecified atom stereocenters. The molecule has 7 nitrogen and oxygen atoms in total. The van der Waals surface area contributed by atoms with Crippen molar-refractivity contribution in [3.8, 4) is 0 Å². The predicted octanol–water partition coefficient (Wildman–Crippen LogP) is 1.50. The van der Waals surface area contributed by atoms with Gasteiger partial charge in [-0.05, 0) is 19.1 Å². The van der Waals surface area contributed by atoms with Crippen molar-refractivity contribution in [1.29, 1.82) is 0 Å². The summed E-state index contributed by atoms with van der Waals surface area (Å²) in [6.45, 7) is 3.34. The fourth-order valence-corrected chi connectivity index (χ4v) is 4.37. The molecule has 0 aliphatic carbocycles. The first-order chi connectivity index (χ1) is 12.3. The number of aromatic nitrogens is 2. The van der Waals surface area contributed by atoms with Crippen LogP contribution >= 0.6 is 0 Å². The molecule has 0 N–H and O–H groups in total. The van der Waals surface area contributed by atoms with Crippen molar-refractivity contribution in [3.63, 3.8) is 0 Å². The number of benzene rings is 1. The molecule has 3 rings (SSSR count). The molecule has 0 saturated carbocycles. The van der Waals surface area contributed by atoms with Crippen LogP contribution in [0.5, 0.6) is 0 Å². The maximum atomic E-state index is 13.9. The number of hydrogen-bond acceptors (Lipinski definition) is 6. The van der Waals surface area contributed by atoms with E-state index in [2.05, 4.69) is 9.97 Å². The number of hydrogen-bond donors (Lipinski definition) is 0. The number of anilines is 2. The largest absolute Gasteiger partial charge is 0.363 e. The third-order valence-corrected chi connectivity index (χ3v) is 6.22. The first-order valence-electron chi connectivity index (χ1n) is 8.31. The Kier molecular flexibility index (Phi) is 5.10. The second-order valence-electron chi connectivity index (χ2n) is 6.35. The molecule has 1 aromatic heterocycles. The summed E-state index contributed by atoms with van der Waals surface area (Å²) in [5.74, 6) is 1.50. The van der Waals surface area contributed by atoms with E-state index in [1.165, 1.54) is 22.5 Å². The zero-order chi connectivity index (χ0) is 18.9. The molecule has 0 atom stereocenters. The Morgan fingerprint density at radius 3 is 2.35 bits per heavy atom. The van der Waals surface area contributed by atoms with E-state index in [9.17, 15) is 12.8 Å². The highest BCUT2D eigenvalue weighted by molar-refractivity contribution is 7.89. The van der Waals surface area contributed by atoms with Gasteiger partial charge in [-0.15, -0.1) is 0 Å². The van der Waals surface area contributed by atoms with Crippen LogP contribution in [0.25, 0.3) is 0 Å². The molecule has 2 aromatic rings. The normalized spacial score (nSPS) is 15.9. The number of halogens is 1. The second-order valence-corrected chi connectivity index (χ2v) is 8.25. The molecule has 0 radical (unpaired) electrons. The molecule has 26 heavy (non-hydrogen) atoms. The molecule has 0 amide bonds. The summed E-state index contributed by atoms with van der Waals surface area (Å²) in [6.07, 6.45) is 0. The molecule has 2 heterocycles. The second kappa shape index (κ2) is 7.16. The molecule has 1 saturated heterocycles. The molecule has 1 aliphatic heterocycles. The van der Waals surface area contributed by atoms with Crippen LogP contribution in [0.2, 0.25) is 0 Å². The van der Waals surface area contributed by atoms with Gasteiger partial charge in [0.1, 0.15) is 28.2 Å². The van der Waals surface area contributed by atoms with Gasteiger partial charge in [-0.1, -0.05) is 12.1 Å². The van der Waals surface area contributed by atoms with Crippen molar-refractivity contribution in [3.05, 3.63) is 42.0 Å². The predicted molar refractivity (Wildman–Crippen MR) is 98.5 cm³/mol. The molecule has 1 aromatic carbocycles. The van der Waals surface area contributed by atoms with E-state index in [0.717, 1.165) is 17.7 Å². The van der Waals surface area contributed by atoms with Crippen LogP contribution in [0.15, 0.2) is 35.2 Å². The number of nitrogens with zero attached hydrogens (tertiary/aromatic N) is 5. The lowest BCUT2D eigenvalue weighted by Gasteiger charge is -2.35. The van der Waals surface area contributed by atoms with Gasteiger partial charge in [0.25, 0.3) is 0 Å².